The summed E-state index contributed by atoms with van der Waals surface area (Å²) in [6.45, 7) is 6.50. The fraction of sp³-hybridized carbons (Fsp3) is 0.174. The first kappa shape index (κ1) is 19.1. The molecule has 3 rings (SSSR count). The van der Waals surface area contributed by atoms with Crippen molar-refractivity contribution >= 4 is 16.5 Å². The second-order valence-electron chi connectivity index (χ2n) is 7.43. The molecule has 0 aliphatic rings. The summed E-state index contributed by atoms with van der Waals surface area (Å²) in [5.74, 6) is -0.464. The van der Waals surface area contributed by atoms with Gasteiger partial charge in [-0.3, -0.25) is 4.58 Å². The highest BCUT2D eigenvalue weighted by Crippen LogP contribution is 2.42. The van der Waals surface area contributed by atoms with Gasteiger partial charge in [0.15, 0.2) is 0 Å². The molecule has 0 atom stereocenters. The van der Waals surface area contributed by atoms with E-state index in [0.29, 0.717) is 16.0 Å². The van der Waals surface area contributed by atoms with E-state index in [9.17, 15) is 4.79 Å². The molecule has 0 saturated carbocycles. The van der Waals surface area contributed by atoms with Crippen LogP contribution in [0, 0.1) is 0 Å². The predicted molar refractivity (Wildman–Crippen MR) is 112 cm³/mol. The Kier molecular flexibility index (Phi) is 5.58. The minimum Gasteiger partial charge on any atom is -0.306 e. The van der Waals surface area contributed by atoms with Gasteiger partial charge in [0.05, 0.1) is 5.56 Å². The van der Waals surface area contributed by atoms with Gasteiger partial charge in [0, 0.05) is 5.56 Å². The molecule has 138 valence electrons. The molecule has 0 heterocycles. The zero-order chi connectivity index (χ0) is 19.4. The highest BCUT2D eigenvalue weighted by Gasteiger charge is 2.28. The van der Waals surface area contributed by atoms with Crippen LogP contribution in [0.25, 0.3) is 22.3 Å². The zero-order valence-corrected chi connectivity index (χ0v) is 18.2. The van der Waals surface area contributed by atoms with Gasteiger partial charge in [0.1, 0.15) is 0 Å². The topological polar surface area (TPSA) is 35.5 Å². The van der Waals surface area contributed by atoms with Crippen LogP contribution < -0.4 is 0 Å². The van der Waals surface area contributed by atoms with Crippen molar-refractivity contribution in [3.05, 3.63) is 83.9 Å². The number of hydrogen-bond donors (Lipinski definition) is 0. The van der Waals surface area contributed by atoms with E-state index in [1.165, 1.54) is 0 Å². The maximum atomic E-state index is 12.6. The molecule has 3 aromatic carbocycles. The Hall–Kier alpha value is -2.69. The van der Waals surface area contributed by atoms with Gasteiger partial charge in [0.2, 0.25) is 10.5 Å². The van der Waals surface area contributed by atoms with Crippen molar-refractivity contribution in [2.45, 2.75) is 26.2 Å². The molecule has 0 bridgehead atoms. The highest BCUT2D eigenvalue weighted by atomic mass is 28.2. The Morgan fingerprint density at radius 3 is 1.89 bits per heavy atom. The summed E-state index contributed by atoms with van der Waals surface area (Å²) in [5, 5.41) is 0. The Bertz CT molecular complexity index is 929. The van der Waals surface area contributed by atoms with Crippen molar-refractivity contribution in [2.75, 3.05) is 0 Å². The van der Waals surface area contributed by atoms with Gasteiger partial charge in [-0.05, 0) is 33.7 Å². The molecular weight excluding hydrogens is 352 g/mol. The molecule has 0 radical (unpaired) electrons. The Morgan fingerprint density at radius 2 is 1.37 bits per heavy atom. The van der Waals surface area contributed by atoms with Crippen molar-refractivity contribution in [2.24, 2.45) is 0 Å². The molecule has 0 aromatic heterocycles. The zero-order valence-electron chi connectivity index (χ0n) is 16.2. The van der Waals surface area contributed by atoms with Crippen LogP contribution in [0.5, 0.6) is 0 Å². The Balaban J connectivity index is 2.39. The maximum absolute atomic E-state index is 12.6. The summed E-state index contributed by atoms with van der Waals surface area (Å²) in [7, 11) is 0.331. The second kappa shape index (κ2) is 7.90. The summed E-state index contributed by atoms with van der Waals surface area (Å²) in [4.78, 5) is 17.6. The minimum absolute atomic E-state index is 0.186. The van der Waals surface area contributed by atoms with Gasteiger partial charge in [-0.25, -0.2) is 4.79 Å². The standard InChI is InChI=1S/C23H24O3Si/c1-23(2,3)21-18(16-10-6-4-7-11-16)14-15-19(22(24)25-26-27)20(21)17-12-8-5-9-13-17/h4-15H,1-3,27H3. The molecule has 0 fully saturated rings. The number of carbonyl (C=O) groups excluding carboxylic acids is 1. The third-order valence-electron chi connectivity index (χ3n) is 4.48. The molecule has 0 aliphatic heterocycles. The first-order valence-corrected chi connectivity index (χ1v) is 9.78. The van der Waals surface area contributed by atoms with Crippen LogP contribution in [0.2, 0.25) is 0 Å². The number of benzene rings is 3. The summed E-state index contributed by atoms with van der Waals surface area (Å²) in [6.07, 6.45) is 0. The fourth-order valence-electron chi connectivity index (χ4n) is 3.44. The second-order valence-corrected chi connectivity index (χ2v) is 7.76. The molecule has 0 unspecified atom stereocenters. The third kappa shape index (κ3) is 4.02. The lowest BCUT2D eigenvalue weighted by molar-refractivity contribution is -0.145. The molecule has 0 spiro atoms. The van der Waals surface area contributed by atoms with E-state index in [2.05, 4.69) is 32.9 Å². The van der Waals surface area contributed by atoms with E-state index in [-0.39, 0.29) is 5.41 Å². The van der Waals surface area contributed by atoms with Gasteiger partial charge in [0.25, 0.3) is 0 Å². The molecule has 3 nitrogen and oxygen atoms in total. The third-order valence-corrected chi connectivity index (χ3v) is 4.65. The van der Waals surface area contributed by atoms with Crippen LogP contribution in [0.4, 0.5) is 0 Å². The van der Waals surface area contributed by atoms with Crippen LogP contribution in [0.15, 0.2) is 72.8 Å². The largest absolute Gasteiger partial charge is 0.372 e. The Morgan fingerprint density at radius 1 is 0.815 bits per heavy atom. The van der Waals surface area contributed by atoms with Gasteiger partial charge in [-0.15, -0.1) is 0 Å². The molecule has 0 saturated heterocycles. The average molecular weight is 377 g/mol. The first-order chi connectivity index (χ1) is 12.9. The monoisotopic (exact) mass is 376 g/mol. The smallest absolute Gasteiger partial charge is 0.306 e. The van der Waals surface area contributed by atoms with Crippen molar-refractivity contribution in [1.29, 1.82) is 0 Å². The van der Waals surface area contributed by atoms with E-state index in [4.69, 9.17) is 9.46 Å². The SMILES string of the molecule is CC(C)(C)c1c(-c2ccccc2)ccc(C(=O)OO[SiH3])c1-c1ccccc1. The molecule has 3 aromatic rings. The lowest BCUT2D eigenvalue weighted by atomic mass is 9.75. The first-order valence-electron chi connectivity index (χ1n) is 8.97. The van der Waals surface area contributed by atoms with Crippen molar-refractivity contribution in [3.63, 3.8) is 0 Å². The molecule has 0 aliphatic carbocycles. The lowest BCUT2D eigenvalue weighted by Crippen LogP contribution is -2.18. The number of hydrogen-bond acceptors (Lipinski definition) is 3. The molecule has 27 heavy (non-hydrogen) atoms. The van der Waals surface area contributed by atoms with Crippen LogP contribution >= 0.6 is 0 Å². The van der Waals surface area contributed by atoms with Crippen LogP contribution in [-0.2, 0) is 14.9 Å². The van der Waals surface area contributed by atoms with Crippen molar-refractivity contribution in [3.8, 4) is 22.3 Å². The normalized spacial score (nSPS) is 11.4. The summed E-state index contributed by atoms with van der Waals surface area (Å²) < 4.78 is 4.78. The van der Waals surface area contributed by atoms with Crippen LogP contribution in [0.1, 0.15) is 36.7 Å². The van der Waals surface area contributed by atoms with E-state index in [1.807, 2.05) is 60.7 Å². The Labute approximate surface area is 163 Å². The maximum Gasteiger partial charge on any atom is 0.372 e. The summed E-state index contributed by atoms with van der Waals surface area (Å²) in [5.41, 5.74) is 5.57. The quantitative estimate of drug-likeness (QED) is 0.377. The summed E-state index contributed by atoms with van der Waals surface area (Å²) in [6, 6.07) is 24.1. The minimum atomic E-state index is -0.464. The number of rotatable bonds is 4. The van der Waals surface area contributed by atoms with Crippen LogP contribution in [0.3, 0.4) is 0 Å². The van der Waals surface area contributed by atoms with Gasteiger partial charge in [-0.2, -0.15) is 0 Å². The van der Waals surface area contributed by atoms with E-state index < -0.39 is 5.97 Å². The van der Waals surface area contributed by atoms with E-state index in [1.54, 1.807) is 0 Å². The summed E-state index contributed by atoms with van der Waals surface area (Å²) >= 11 is 0. The molecule has 0 amide bonds. The molecule has 0 N–H and O–H groups in total. The van der Waals surface area contributed by atoms with E-state index >= 15 is 0 Å². The van der Waals surface area contributed by atoms with Crippen molar-refractivity contribution < 1.29 is 14.3 Å². The van der Waals surface area contributed by atoms with Gasteiger partial charge >= 0.3 is 5.97 Å². The lowest BCUT2D eigenvalue weighted by Gasteiger charge is -2.28. The fourth-order valence-corrected chi connectivity index (χ4v) is 3.59. The van der Waals surface area contributed by atoms with Gasteiger partial charge < -0.3 is 4.89 Å². The van der Waals surface area contributed by atoms with Gasteiger partial charge in [-0.1, -0.05) is 87.5 Å². The molecular formula is C23H24O3Si. The van der Waals surface area contributed by atoms with E-state index in [0.717, 1.165) is 27.8 Å². The average Bonchev–Trinajstić information content (AvgIpc) is 2.67. The van der Waals surface area contributed by atoms with Crippen LogP contribution in [-0.4, -0.2) is 16.5 Å². The van der Waals surface area contributed by atoms with Crippen molar-refractivity contribution in [1.82, 2.24) is 0 Å². The molecule has 4 heteroatoms. The highest BCUT2D eigenvalue weighted by molar-refractivity contribution is 6.02. The number of carbonyl (C=O) groups is 1. The predicted octanol–water partition coefficient (Wildman–Crippen LogP) is 4.69.